The fraction of sp³-hybridized carbons (Fsp3) is 0.478. The zero-order chi connectivity index (χ0) is 26.0. The van der Waals surface area contributed by atoms with Crippen LogP contribution in [0.3, 0.4) is 0 Å². The maximum atomic E-state index is 13.2. The van der Waals surface area contributed by atoms with Crippen molar-refractivity contribution in [3.05, 3.63) is 47.4 Å². The van der Waals surface area contributed by atoms with Crippen molar-refractivity contribution in [1.29, 1.82) is 0 Å². The lowest BCUT2D eigenvalue weighted by Crippen LogP contribution is -2.40. The van der Waals surface area contributed by atoms with Gasteiger partial charge in [0.15, 0.2) is 11.5 Å². The lowest BCUT2D eigenvalue weighted by molar-refractivity contribution is -0.137. The SMILES string of the molecule is CCCCCC(N)=O.O=C(O)c1ccc(N2CCC(Nc3ccc(F)cc3C(F)(F)F)CC2)nn1. The largest absolute Gasteiger partial charge is 0.476 e. The Balaban J connectivity index is 0.000000466. The molecule has 1 aliphatic heterocycles. The highest BCUT2D eigenvalue weighted by Gasteiger charge is 2.34. The number of amides is 1. The second-order valence-corrected chi connectivity index (χ2v) is 8.10. The Bertz CT molecular complexity index is 978. The molecule has 192 valence electrons. The predicted molar refractivity (Wildman–Crippen MR) is 123 cm³/mol. The number of carbonyl (C=O) groups is 2. The normalized spacial score (nSPS) is 14.1. The molecule has 12 heteroatoms. The van der Waals surface area contributed by atoms with Gasteiger partial charge >= 0.3 is 12.1 Å². The minimum absolute atomic E-state index is 0.145. The molecule has 35 heavy (non-hydrogen) atoms. The number of piperidine rings is 1. The number of unbranched alkanes of at least 4 members (excludes halogenated alkanes) is 2. The molecule has 0 spiro atoms. The molecule has 0 atom stereocenters. The Hall–Kier alpha value is -3.44. The highest BCUT2D eigenvalue weighted by Crippen LogP contribution is 2.36. The fourth-order valence-corrected chi connectivity index (χ4v) is 3.51. The molecule has 1 fully saturated rings. The Morgan fingerprint density at radius 3 is 2.34 bits per heavy atom. The number of nitrogens with two attached hydrogens (primary N) is 1. The molecule has 0 aliphatic carbocycles. The quantitative estimate of drug-likeness (QED) is 0.362. The van der Waals surface area contributed by atoms with Gasteiger partial charge in [0.25, 0.3) is 0 Å². The van der Waals surface area contributed by atoms with Crippen LogP contribution in [0.1, 0.15) is 61.5 Å². The first-order chi connectivity index (χ1) is 16.5. The number of primary amides is 1. The molecule has 4 N–H and O–H groups in total. The second-order valence-electron chi connectivity index (χ2n) is 8.10. The molecule has 0 radical (unpaired) electrons. The van der Waals surface area contributed by atoms with Crippen LogP contribution in [0.2, 0.25) is 0 Å². The van der Waals surface area contributed by atoms with Gasteiger partial charge in [-0.1, -0.05) is 19.8 Å². The molecule has 3 rings (SSSR count). The van der Waals surface area contributed by atoms with Crippen LogP contribution in [0.5, 0.6) is 0 Å². The van der Waals surface area contributed by atoms with E-state index in [0.717, 1.165) is 31.4 Å². The average Bonchev–Trinajstić information content (AvgIpc) is 2.80. The van der Waals surface area contributed by atoms with Gasteiger partial charge in [0.2, 0.25) is 5.91 Å². The summed E-state index contributed by atoms with van der Waals surface area (Å²) in [6.07, 6.45) is 0.191. The van der Waals surface area contributed by atoms with Gasteiger partial charge in [0.05, 0.1) is 5.56 Å². The molecule has 2 aromatic rings. The van der Waals surface area contributed by atoms with Crippen molar-refractivity contribution in [2.45, 2.75) is 57.7 Å². The van der Waals surface area contributed by atoms with E-state index in [1.165, 1.54) is 6.07 Å². The molecule has 1 aromatic carbocycles. The van der Waals surface area contributed by atoms with Gasteiger partial charge in [-0.3, -0.25) is 4.79 Å². The summed E-state index contributed by atoms with van der Waals surface area (Å²) in [5.74, 6) is -1.78. The highest BCUT2D eigenvalue weighted by molar-refractivity contribution is 5.85. The van der Waals surface area contributed by atoms with E-state index < -0.39 is 23.5 Å². The number of carbonyl (C=O) groups excluding carboxylic acids is 1. The summed E-state index contributed by atoms with van der Waals surface area (Å²) in [4.78, 5) is 22.8. The zero-order valence-electron chi connectivity index (χ0n) is 19.3. The number of aromatic nitrogens is 2. The van der Waals surface area contributed by atoms with Crippen molar-refractivity contribution in [1.82, 2.24) is 10.2 Å². The van der Waals surface area contributed by atoms with E-state index in [2.05, 4.69) is 22.4 Å². The Morgan fingerprint density at radius 2 is 1.83 bits per heavy atom. The maximum Gasteiger partial charge on any atom is 0.418 e. The Labute approximate surface area is 200 Å². The number of carboxylic acid groups (broad SMARTS) is 1. The number of halogens is 4. The lowest BCUT2D eigenvalue weighted by Gasteiger charge is -2.33. The van der Waals surface area contributed by atoms with Gasteiger partial charge in [0.1, 0.15) is 5.82 Å². The van der Waals surface area contributed by atoms with Crippen LogP contribution in [-0.4, -0.2) is 46.3 Å². The molecule has 0 bridgehead atoms. The minimum atomic E-state index is -4.65. The topological polar surface area (TPSA) is 121 Å². The van der Waals surface area contributed by atoms with E-state index in [4.69, 9.17) is 10.8 Å². The average molecular weight is 500 g/mol. The van der Waals surface area contributed by atoms with Crippen molar-refractivity contribution in [3.8, 4) is 0 Å². The summed E-state index contributed by atoms with van der Waals surface area (Å²) in [6, 6.07) is 5.26. The van der Waals surface area contributed by atoms with Crippen LogP contribution in [0, 0.1) is 5.82 Å². The van der Waals surface area contributed by atoms with E-state index in [1.807, 2.05) is 4.90 Å². The minimum Gasteiger partial charge on any atom is -0.476 e. The fourth-order valence-electron chi connectivity index (χ4n) is 3.51. The summed E-state index contributed by atoms with van der Waals surface area (Å²) >= 11 is 0. The number of anilines is 2. The third-order valence-electron chi connectivity index (χ3n) is 5.36. The monoisotopic (exact) mass is 499 g/mol. The van der Waals surface area contributed by atoms with E-state index in [1.54, 1.807) is 6.07 Å². The van der Waals surface area contributed by atoms with Crippen molar-refractivity contribution < 1.29 is 32.3 Å². The molecule has 0 saturated carbocycles. The zero-order valence-corrected chi connectivity index (χ0v) is 19.3. The number of alkyl halides is 3. The van der Waals surface area contributed by atoms with Crippen LogP contribution in [0.4, 0.5) is 29.1 Å². The smallest absolute Gasteiger partial charge is 0.418 e. The predicted octanol–water partition coefficient (Wildman–Crippen LogP) is 4.47. The van der Waals surface area contributed by atoms with Crippen molar-refractivity contribution >= 4 is 23.4 Å². The number of hydrogen-bond donors (Lipinski definition) is 3. The van der Waals surface area contributed by atoms with Gasteiger partial charge in [-0.15, -0.1) is 10.2 Å². The standard InChI is InChI=1S/C17H16F4N4O2.C6H13NO/c18-10-1-2-13(12(9-10)17(19,20)21)22-11-5-7-25(8-6-11)15-4-3-14(16(26)27)23-24-15;1-2-3-4-5-6(7)8/h1-4,9,11,22H,5-8H2,(H,26,27);2-5H2,1H3,(H2,7,8). The Morgan fingerprint density at radius 1 is 1.14 bits per heavy atom. The van der Waals surface area contributed by atoms with Gasteiger partial charge in [-0.25, -0.2) is 9.18 Å². The number of hydrogen-bond acceptors (Lipinski definition) is 6. The van der Waals surface area contributed by atoms with Crippen LogP contribution < -0.4 is 16.0 Å². The van der Waals surface area contributed by atoms with Crippen LogP contribution >= 0.6 is 0 Å². The highest BCUT2D eigenvalue weighted by atomic mass is 19.4. The molecular formula is C23H29F4N5O3. The summed E-state index contributed by atoms with van der Waals surface area (Å²) in [7, 11) is 0. The molecule has 8 nitrogen and oxygen atoms in total. The van der Waals surface area contributed by atoms with Gasteiger partial charge < -0.3 is 21.1 Å². The number of carboxylic acids is 1. The van der Waals surface area contributed by atoms with Crippen molar-refractivity contribution in [3.63, 3.8) is 0 Å². The molecular weight excluding hydrogens is 470 g/mol. The Kier molecular flexibility index (Phi) is 10.2. The van der Waals surface area contributed by atoms with E-state index >= 15 is 0 Å². The van der Waals surface area contributed by atoms with Crippen molar-refractivity contribution in [2.75, 3.05) is 23.3 Å². The number of aromatic carboxylic acids is 1. The van der Waals surface area contributed by atoms with E-state index in [0.29, 0.717) is 44.2 Å². The third kappa shape index (κ3) is 9.02. The lowest BCUT2D eigenvalue weighted by atomic mass is 10.0. The first-order valence-corrected chi connectivity index (χ1v) is 11.2. The van der Waals surface area contributed by atoms with Crippen LogP contribution in [-0.2, 0) is 11.0 Å². The van der Waals surface area contributed by atoms with Gasteiger partial charge in [0, 0.05) is 31.2 Å². The third-order valence-corrected chi connectivity index (χ3v) is 5.36. The molecule has 1 aromatic heterocycles. The number of nitrogens with one attached hydrogen (secondary N) is 1. The summed E-state index contributed by atoms with van der Waals surface area (Å²) in [6.45, 7) is 3.13. The first-order valence-electron chi connectivity index (χ1n) is 11.2. The first kappa shape index (κ1) is 27.8. The number of nitrogens with zero attached hydrogens (tertiary/aromatic N) is 3. The van der Waals surface area contributed by atoms with Crippen LogP contribution in [0.15, 0.2) is 30.3 Å². The van der Waals surface area contributed by atoms with Crippen molar-refractivity contribution in [2.24, 2.45) is 5.73 Å². The molecule has 1 amide bonds. The van der Waals surface area contributed by atoms with Crippen LogP contribution in [0.25, 0.3) is 0 Å². The van der Waals surface area contributed by atoms with Gasteiger partial charge in [-0.05, 0) is 49.6 Å². The van der Waals surface area contributed by atoms with E-state index in [-0.39, 0.29) is 23.3 Å². The molecule has 2 heterocycles. The number of rotatable bonds is 8. The number of benzene rings is 1. The maximum absolute atomic E-state index is 13.2. The van der Waals surface area contributed by atoms with E-state index in [9.17, 15) is 27.2 Å². The molecule has 1 aliphatic rings. The summed E-state index contributed by atoms with van der Waals surface area (Å²) < 4.78 is 52.4. The summed E-state index contributed by atoms with van der Waals surface area (Å²) in [5.41, 5.74) is 3.56. The molecule has 0 unspecified atom stereocenters. The molecule has 1 saturated heterocycles. The summed E-state index contributed by atoms with van der Waals surface area (Å²) in [5, 5.41) is 19.2. The van der Waals surface area contributed by atoms with Gasteiger partial charge in [-0.2, -0.15) is 13.2 Å². The second kappa shape index (κ2) is 12.9.